The van der Waals surface area contributed by atoms with Gasteiger partial charge in [0.2, 0.25) is 0 Å². The van der Waals surface area contributed by atoms with Crippen LogP contribution in [0.5, 0.6) is 0 Å². The number of carbonyl (C=O) groups excluding carboxylic acids is 1. The van der Waals surface area contributed by atoms with Crippen LogP contribution in [-0.2, 0) is 0 Å². The number of hydrogen-bond donors (Lipinski definition) is 2. The quantitative estimate of drug-likeness (QED) is 0.641. The van der Waals surface area contributed by atoms with Crippen LogP contribution in [0, 0.1) is 6.92 Å². The summed E-state index contributed by atoms with van der Waals surface area (Å²) in [6, 6.07) is 15.5. The zero-order chi connectivity index (χ0) is 21.1. The number of nitrogens with zero attached hydrogens (tertiary/aromatic N) is 2. The van der Waals surface area contributed by atoms with Gasteiger partial charge in [-0.3, -0.25) is 0 Å². The number of rotatable bonds is 5. The van der Waals surface area contributed by atoms with E-state index in [0.717, 1.165) is 55.1 Å². The number of benzene rings is 2. The van der Waals surface area contributed by atoms with Gasteiger partial charge >= 0.3 is 6.03 Å². The average Bonchev–Trinajstić information content (AvgIpc) is 3.18. The fraction of sp³-hybridized carbons (Fsp3) is 0.375. The summed E-state index contributed by atoms with van der Waals surface area (Å²) in [6.45, 7) is 11.6. The molecule has 0 bridgehead atoms. The Hall–Kier alpha value is -2.99. The molecule has 6 heteroatoms. The molecule has 0 spiro atoms. The van der Waals surface area contributed by atoms with Gasteiger partial charge in [-0.05, 0) is 56.3 Å². The van der Waals surface area contributed by atoms with E-state index in [-0.39, 0.29) is 12.1 Å². The molecule has 1 aliphatic rings. The van der Waals surface area contributed by atoms with Crippen molar-refractivity contribution in [3.63, 3.8) is 0 Å². The lowest BCUT2D eigenvalue weighted by atomic mass is 10.1. The molecule has 1 saturated heterocycles. The van der Waals surface area contributed by atoms with Crippen LogP contribution in [0.4, 0.5) is 16.2 Å². The van der Waals surface area contributed by atoms with E-state index >= 15 is 0 Å². The van der Waals surface area contributed by atoms with Crippen molar-refractivity contribution in [2.75, 3.05) is 42.9 Å². The van der Waals surface area contributed by atoms with Crippen LogP contribution in [0.2, 0.25) is 0 Å². The Morgan fingerprint density at radius 1 is 1.10 bits per heavy atom. The topological polar surface area (TPSA) is 60.8 Å². The summed E-state index contributed by atoms with van der Waals surface area (Å²) in [6.07, 6.45) is 0. The zero-order valence-corrected chi connectivity index (χ0v) is 17.9. The molecule has 2 aromatic carbocycles. The number of carbonyl (C=O) groups is 1. The Labute approximate surface area is 177 Å². The molecule has 0 aliphatic carbocycles. The van der Waals surface area contributed by atoms with Crippen LogP contribution < -0.4 is 15.5 Å². The first-order chi connectivity index (χ1) is 14.5. The summed E-state index contributed by atoms with van der Waals surface area (Å²) >= 11 is 0. The largest absolute Gasteiger partial charge is 0.459 e. The second-order valence-electron chi connectivity index (χ2n) is 7.93. The van der Waals surface area contributed by atoms with Crippen molar-refractivity contribution in [2.45, 2.75) is 26.8 Å². The maximum Gasteiger partial charge on any atom is 0.319 e. The summed E-state index contributed by atoms with van der Waals surface area (Å²) in [5.41, 5.74) is 4.03. The highest BCUT2D eigenvalue weighted by molar-refractivity contribution is 5.90. The van der Waals surface area contributed by atoms with Crippen molar-refractivity contribution >= 4 is 28.4 Å². The Bertz CT molecular complexity index is 988. The van der Waals surface area contributed by atoms with Gasteiger partial charge in [-0.2, -0.15) is 0 Å². The van der Waals surface area contributed by atoms with E-state index in [4.69, 9.17) is 4.42 Å². The lowest BCUT2D eigenvalue weighted by Crippen LogP contribution is -2.46. The van der Waals surface area contributed by atoms with E-state index in [9.17, 15) is 4.79 Å². The van der Waals surface area contributed by atoms with Crippen LogP contribution in [0.25, 0.3) is 11.0 Å². The van der Waals surface area contributed by atoms with Gasteiger partial charge in [-0.1, -0.05) is 25.1 Å². The number of likely N-dealkylation sites (N-methyl/N-ethyl adjacent to an activating group) is 1. The predicted molar refractivity (Wildman–Crippen MR) is 122 cm³/mol. The van der Waals surface area contributed by atoms with Crippen LogP contribution in [0.3, 0.4) is 0 Å². The standard InChI is InChI=1S/C24H30N4O2/c1-4-27-11-13-28(14-12-27)21-10-9-20(15-17(21)2)26-24(29)25-18(3)23-16-19-7-5-6-8-22(19)30-23/h5-10,15-16,18H,4,11-14H2,1-3H3,(H2,25,26,29)/t18-/m0/s1. The summed E-state index contributed by atoms with van der Waals surface area (Å²) in [5.74, 6) is 0.740. The molecular weight excluding hydrogens is 376 g/mol. The SMILES string of the molecule is CCN1CCN(c2ccc(NC(=O)N[C@@H](C)c3cc4ccccc4o3)cc2C)CC1. The Kier molecular flexibility index (Phi) is 5.95. The molecule has 1 atom stereocenters. The number of urea groups is 1. The van der Waals surface area contributed by atoms with Crippen molar-refractivity contribution in [3.8, 4) is 0 Å². The molecule has 4 rings (SSSR count). The third-order valence-corrected chi connectivity index (χ3v) is 5.83. The fourth-order valence-corrected chi connectivity index (χ4v) is 4.04. The summed E-state index contributed by atoms with van der Waals surface area (Å²) < 4.78 is 5.85. The minimum absolute atomic E-state index is 0.229. The summed E-state index contributed by atoms with van der Waals surface area (Å²) in [7, 11) is 0. The lowest BCUT2D eigenvalue weighted by molar-refractivity contribution is 0.248. The number of amides is 2. The molecule has 0 unspecified atom stereocenters. The molecule has 0 saturated carbocycles. The van der Waals surface area contributed by atoms with E-state index in [1.165, 1.54) is 11.3 Å². The molecule has 1 aliphatic heterocycles. The first kappa shape index (κ1) is 20.3. The maximum atomic E-state index is 12.5. The molecule has 2 heterocycles. The number of hydrogen-bond acceptors (Lipinski definition) is 4. The van der Waals surface area contributed by atoms with E-state index < -0.39 is 0 Å². The Balaban J connectivity index is 1.36. The number of aryl methyl sites for hydroxylation is 1. The fourth-order valence-electron chi connectivity index (χ4n) is 4.04. The minimum atomic E-state index is -0.244. The number of piperazine rings is 1. The third kappa shape index (κ3) is 4.44. The molecular formula is C24H30N4O2. The highest BCUT2D eigenvalue weighted by Crippen LogP contribution is 2.26. The highest BCUT2D eigenvalue weighted by Gasteiger charge is 2.18. The molecule has 1 aromatic heterocycles. The minimum Gasteiger partial charge on any atom is -0.459 e. The third-order valence-electron chi connectivity index (χ3n) is 5.83. The first-order valence-electron chi connectivity index (χ1n) is 10.7. The van der Waals surface area contributed by atoms with E-state index in [2.05, 4.69) is 40.3 Å². The number of anilines is 2. The number of fused-ring (bicyclic) bond motifs is 1. The Morgan fingerprint density at radius 2 is 1.87 bits per heavy atom. The lowest BCUT2D eigenvalue weighted by Gasteiger charge is -2.36. The summed E-state index contributed by atoms with van der Waals surface area (Å²) in [4.78, 5) is 17.4. The van der Waals surface area contributed by atoms with Crippen molar-refractivity contribution < 1.29 is 9.21 Å². The second kappa shape index (κ2) is 8.79. The second-order valence-corrected chi connectivity index (χ2v) is 7.93. The number of furan rings is 1. The molecule has 158 valence electrons. The monoisotopic (exact) mass is 406 g/mol. The maximum absolute atomic E-state index is 12.5. The van der Waals surface area contributed by atoms with Crippen LogP contribution in [-0.4, -0.2) is 43.7 Å². The van der Waals surface area contributed by atoms with Gasteiger partial charge in [0.05, 0.1) is 6.04 Å². The van der Waals surface area contributed by atoms with Crippen LogP contribution in [0.15, 0.2) is 52.9 Å². The van der Waals surface area contributed by atoms with Gasteiger partial charge in [-0.15, -0.1) is 0 Å². The molecule has 1 fully saturated rings. The van der Waals surface area contributed by atoms with E-state index in [1.807, 2.05) is 49.4 Å². The molecule has 2 N–H and O–H groups in total. The predicted octanol–water partition coefficient (Wildman–Crippen LogP) is 4.77. The van der Waals surface area contributed by atoms with Gasteiger partial charge in [0.1, 0.15) is 11.3 Å². The molecule has 30 heavy (non-hydrogen) atoms. The van der Waals surface area contributed by atoms with Crippen LogP contribution >= 0.6 is 0 Å². The first-order valence-corrected chi connectivity index (χ1v) is 10.7. The average molecular weight is 407 g/mol. The highest BCUT2D eigenvalue weighted by atomic mass is 16.3. The Morgan fingerprint density at radius 3 is 2.57 bits per heavy atom. The normalized spacial score (nSPS) is 15.9. The number of nitrogens with one attached hydrogen (secondary N) is 2. The molecule has 3 aromatic rings. The van der Waals surface area contributed by atoms with Crippen LogP contribution in [0.1, 0.15) is 31.2 Å². The van der Waals surface area contributed by atoms with Crippen molar-refractivity contribution in [2.24, 2.45) is 0 Å². The van der Waals surface area contributed by atoms with Gasteiger partial charge in [0.25, 0.3) is 0 Å². The zero-order valence-electron chi connectivity index (χ0n) is 17.9. The van der Waals surface area contributed by atoms with Crippen molar-refractivity contribution in [1.29, 1.82) is 0 Å². The van der Waals surface area contributed by atoms with Crippen molar-refractivity contribution in [3.05, 3.63) is 59.9 Å². The molecule has 2 amide bonds. The van der Waals surface area contributed by atoms with Gasteiger partial charge < -0.3 is 24.9 Å². The smallest absolute Gasteiger partial charge is 0.319 e. The van der Waals surface area contributed by atoms with E-state index in [1.54, 1.807) is 0 Å². The molecule has 6 nitrogen and oxygen atoms in total. The van der Waals surface area contributed by atoms with Gasteiger partial charge in [0, 0.05) is 42.9 Å². The molecule has 0 radical (unpaired) electrons. The van der Waals surface area contributed by atoms with Gasteiger partial charge in [0.15, 0.2) is 0 Å². The van der Waals surface area contributed by atoms with E-state index in [0.29, 0.717) is 0 Å². The van der Waals surface area contributed by atoms with Gasteiger partial charge in [-0.25, -0.2) is 4.79 Å². The van der Waals surface area contributed by atoms with Crippen molar-refractivity contribution in [1.82, 2.24) is 10.2 Å². The number of para-hydroxylation sites is 1. The summed E-state index contributed by atoms with van der Waals surface area (Å²) in [5, 5.41) is 6.93.